The van der Waals surface area contributed by atoms with Crippen LogP contribution in [0.25, 0.3) is 0 Å². The van der Waals surface area contributed by atoms with E-state index >= 15 is 0 Å². The number of amides is 1. The van der Waals surface area contributed by atoms with Crippen molar-refractivity contribution in [2.75, 3.05) is 6.61 Å². The Bertz CT molecular complexity index is 270. The van der Waals surface area contributed by atoms with Crippen LogP contribution in [0.5, 0.6) is 0 Å². The van der Waals surface area contributed by atoms with Crippen LogP contribution in [0.2, 0.25) is 0 Å². The molecule has 0 aliphatic heterocycles. The molecule has 65 valence electrons. The SMILES string of the molecule is NC(=O)c1sccc1[CH]CCO. The number of hydrogen-bond acceptors (Lipinski definition) is 3. The van der Waals surface area contributed by atoms with E-state index in [9.17, 15) is 4.79 Å². The first-order valence-electron chi connectivity index (χ1n) is 3.57. The fourth-order valence-electron chi connectivity index (χ4n) is 0.900. The number of thiophene rings is 1. The van der Waals surface area contributed by atoms with E-state index in [2.05, 4.69) is 0 Å². The Labute approximate surface area is 74.8 Å². The van der Waals surface area contributed by atoms with Gasteiger partial charge in [0, 0.05) is 6.61 Å². The highest BCUT2D eigenvalue weighted by Crippen LogP contribution is 2.18. The molecule has 1 heterocycles. The summed E-state index contributed by atoms with van der Waals surface area (Å²) in [5, 5.41) is 10.4. The highest BCUT2D eigenvalue weighted by atomic mass is 32.1. The molecular formula is C8H10NO2S. The number of aliphatic hydroxyl groups is 1. The highest BCUT2D eigenvalue weighted by molar-refractivity contribution is 7.12. The van der Waals surface area contributed by atoms with E-state index in [1.165, 1.54) is 11.3 Å². The van der Waals surface area contributed by atoms with Crippen LogP contribution < -0.4 is 5.73 Å². The molecule has 12 heavy (non-hydrogen) atoms. The summed E-state index contributed by atoms with van der Waals surface area (Å²) in [6.45, 7) is 0.0913. The first-order valence-corrected chi connectivity index (χ1v) is 4.45. The van der Waals surface area contributed by atoms with Crippen LogP contribution in [0, 0.1) is 6.42 Å². The second-order valence-corrected chi connectivity index (χ2v) is 3.20. The third-order valence-electron chi connectivity index (χ3n) is 1.41. The van der Waals surface area contributed by atoms with Gasteiger partial charge < -0.3 is 10.8 Å². The second-order valence-electron chi connectivity index (χ2n) is 2.29. The lowest BCUT2D eigenvalue weighted by Gasteiger charge is -1.96. The molecule has 0 aliphatic carbocycles. The molecule has 1 aromatic heterocycles. The molecule has 0 aromatic carbocycles. The quantitative estimate of drug-likeness (QED) is 0.726. The zero-order valence-corrected chi connectivity index (χ0v) is 7.30. The van der Waals surface area contributed by atoms with Gasteiger partial charge in [-0.1, -0.05) is 0 Å². The zero-order valence-electron chi connectivity index (χ0n) is 6.49. The number of hydrogen-bond donors (Lipinski definition) is 2. The van der Waals surface area contributed by atoms with Gasteiger partial charge in [0.25, 0.3) is 5.91 Å². The van der Waals surface area contributed by atoms with Crippen LogP contribution in [0.15, 0.2) is 11.4 Å². The lowest BCUT2D eigenvalue weighted by Crippen LogP contribution is -2.10. The summed E-state index contributed by atoms with van der Waals surface area (Å²) in [6, 6.07) is 1.82. The molecular weight excluding hydrogens is 174 g/mol. The van der Waals surface area contributed by atoms with E-state index in [1.54, 1.807) is 6.42 Å². The van der Waals surface area contributed by atoms with Crippen LogP contribution in [0.4, 0.5) is 0 Å². The van der Waals surface area contributed by atoms with Gasteiger partial charge in [-0.25, -0.2) is 0 Å². The van der Waals surface area contributed by atoms with E-state index in [4.69, 9.17) is 10.8 Å². The lowest BCUT2D eigenvalue weighted by atomic mass is 10.1. The van der Waals surface area contributed by atoms with Crippen LogP contribution in [0.3, 0.4) is 0 Å². The minimum Gasteiger partial charge on any atom is -0.396 e. The topological polar surface area (TPSA) is 63.3 Å². The number of primary amides is 1. The summed E-state index contributed by atoms with van der Waals surface area (Å²) in [6.07, 6.45) is 2.35. The van der Waals surface area contributed by atoms with Crippen molar-refractivity contribution >= 4 is 17.2 Å². The smallest absolute Gasteiger partial charge is 0.259 e. The molecule has 3 nitrogen and oxygen atoms in total. The Morgan fingerprint density at radius 3 is 3.08 bits per heavy atom. The van der Waals surface area contributed by atoms with Gasteiger partial charge in [0.05, 0.1) is 4.88 Å². The maximum absolute atomic E-state index is 10.8. The molecule has 1 aromatic rings. The van der Waals surface area contributed by atoms with Gasteiger partial charge in [-0.3, -0.25) is 4.79 Å². The molecule has 3 N–H and O–H groups in total. The molecule has 0 saturated heterocycles. The van der Waals surface area contributed by atoms with Crippen LogP contribution in [-0.4, -0.2) is 17.6 Å². The van der Waals surface area contributed by atoms with Gasteiger partial charge in [0.1, 0.15) is 0 Å². The zero-order chi connectivity index (χ0) is 8.97. The van der Waals surface area contributed by atoms with Gasteiger partial charge in [-0.2, -0.15) is 0 Å². The molecule has 0 fully saturated rings. The van der Waals surface area contributed by atoms with Crippen molar-refractivity contribution in [3.8, 4) is 0 Å². The fraction of sp³-hybridized carbons (Fsp3) is 0.250. The van der Waals surface area contributed by atoms with E-state index in [1.807, 2.05) is 11.4 Å². The molecule has 0 saturated carbocycles. The van der Waals surface area contributed by atoms with Crippen LogP contribution in [0.1, 0.15) is 21.7 Å². The van der Waals surface area contributed by atoms with Gasteiger partial charge in [-0.15, -0.1) is 11.3 Å². The Kier molecular flexibility index (Phi) is 3.25. The monoisotopic (exact) mass is 184 g/mol. The van der Waals surface area contributed by atoms with Crippen molar-refractivity contribution in [3.63, 3.8) is 0 Å². The summed E-state index contributed by atoms with van der Waals surface area (Å²) in [5.74, 6) is -0.408. The number of carbonyl (C=O) groups excluding carboxylic acids is 1. The number of aliphatic hydroxyl groups excluding tert-OH is 1. The third kappa shape index (κ3) is 2.06. The molecule has 0 bridgehead atoms. The molecule has 1 rings (SSSR count). The van der Waals surface area contributed by atoms with Crippen molar-refractivity contribution in [2.24, 2.45) is 5.73 Å². The van der Waals surface area contributed by atoms with E-state index in [-0.39, 0.29) is 6.61 Å². The second kappa shape index (κ2) is 4.23. The number of carbonyl (C=O) groups is 1. The van der Waals surface area contributed by atoms with Crippen LogP contribution in [-0.2, 0) is 0 Å². The highest BCUT2D eigenvalue weighted by Gasteiger charge is 2.08. The predicted octanol–water partition coefficient (Wildman–Crippen LogP) is 0.782. The first-order chi connectivity index (χ1) is 5.75. The van der Waals surface area contributed by atoms with Gasteiger partial charge >= 0.3 is 0 Å². The Morgan fingerprint density at radius 1 is 1.75 bits per heavy atom. The fourth-order valence-corrected chi connectivity index (χ4v) is 1.65. The molecule has 4 heteroatoms. The molecule has 0 aliphatic rings. The third-order valence-corrected chi connectivity index (χ3v) is 2.36. The molecule has 0 unspecified atom stereocenters. The molecule has 0 spiro atoms. The summed E-state index contributed by atoms with van der Waals surface area (Å²) < 4.78 is 0. The standard InChI is InChI=1S/C8H10NO2S/c9-8(11)7-6(2-1-4-10)3-5-12-7/h2-3,5,10H,1,4H2,(H2,9,11). The van der Waals surface area contributed by atoms with Gasteiger partial charge in [0.2, 0.25) is 0 Å². The average Bonchev–Trinajstić information content (AvgIpc) is 2.48. The summed E-state index contributed by atoms with van der Waals surface area (Å²) in [5.41, 5.74) is 5.94. The largest absolute Gasteiger partial charge is 0.396 e. The molecule has 0 atom stereocenters. The van der Waals surface area contributed by atoms with Crippen molar-refractivity contribution in [3.05, 3.63) is 28.3 Å². The van der Waals surface area contributed by atoms with E-state index in [0.717, 1.165) is 5.56 Å². The van der Waals surface area contributed by atoms with E-state index < -0.39 is 5.91 Å². The van der Waals surface area contributed by atoms with Crippen molar-refractivity contribution < 1.29 is 9.90 Å². The minimum atomic E-state index is -0.408. The summed E-state index contributed by atoms with van der Waals surface area (Å²) in [7, 11) is 0. The maximum Gasteiger partial charge on any atom is 0.259 e. The Morgan fingerprint density at radius 2 is 2.50 bits per heavy atom. The van der Waals surface area contributed by atoms with E-state index in [0.29, 0.717) is 11.3 Å². The van der Waals surface area contributed by atoms with Gasteiger partial charge in [0.15, 0.2) is 0 Å². The lowest BCUT2D eigenvalue weighted by molar-refractivity contribution is 0.100. The number of rotatable bonds is 4. The van der Waals surface area contributed by atoms with Crippen molar-refractivity contribution in [2.45, 2.75) is 6.42 Å². The molecule has 1 radical (unpaired) electrons. The van der Waals surface area contributed by atoms with Crippen LogP contribution >= 0.6 is 11.3 Å². The maximum atomic E-state index is 10.8. The van der Waals surface area contributed by atoms with Crippen molar-refractivity contribution in [1.82, 2.24) is 0 Å². The van der Waals surface area contributed by atoms with Crippen molar-refractivity contribution in [1.29, 1.82) is 0 Å². The summed E-state index contributed by atoms with van der Waals surface area (Å²) in [4.78, 5) is 11.4. The summed E-state index contributed by atoms with van der Waals surface area (Å²) >= 11 is 1.32. The molecule has 1 amide bonds. The predicted molar refractivity (Wildman–Crippen MR) is 47.9 cm³/mol. The Hall–Kier alpha value is -0.870. The first kappa shape index (κ1) is 9.22. The normalized spacial score (nSPS) is 10.1. The minimum absolute atomic E-state index is 0.0913. The Balaban J connectivity index is 2.70. The number of nitrogens with two attached hydrogens (primary N) is 1. The average molecular weight is 184 g/mol. The van der Waals surface area contributed by atoms with Gasteiger partial charge in [-0.05, 0) is 29.9 Å².